The van der Waals surface area contributed by atoms with E-state index in [1.54, 1.807) is 21.3 Å². The monoisotopic (exact) mass is 436 g/mol. The number of methoxy groups -OCH3 is 2. The van der Waals surface area contributed by atoms with Crippen LogP contribution in [0.5, 0.6) is 11.5 Å². The number of halogens is 1. The zero-order chi connectivity index (χ0) is 17.3. The molecule has 5 nitrogen and oxygen atoms in total. The van der Waals surface area contributed by atoms with Crippen LogP contribution in [0.4, 0.5) is 0 Å². The fourth-order valence-electron chi connectivity index (χ4n) is 2.65. The summed E-state index contributed by atoms with van der Waals surface area (Å²) in [4.78, 5) is 12.3. The third kappa shape index (κ3) is 3.10. The number of rotatable bonds is 3. The highest BCUT2D eigenvalue weighted by Crippen LogP contribution is 2.33. The molecule has 0 radical (unpaired) electrons. The van der Waals surface area contributed by atoms with Crippen molar-refractivity contribution in [3.05, 3.63) is 56.7 Å². The van der Waals surface area contributed by atoms with Crippen LogP contribution < -0.4 is 9.47 Å². The first-order valence-electron chi connectivity index (χ1n) is 7.40. The Hall–Kier alpha value is -2.09. The molecule has 0 aliphatic carbocycles. The van der Waals surface area contributed by atoms with E-state index in [0.29, 0.717) is 11.5 Å². The van der Waals surface area contributed by atoms with Crippen molar-refractivity contribution in [2.24, 2.45) is 5.10 Å². The largest absolute Gasteiger partial charge is 0.493 e. The molecule has 0 N–H and O–H groups in total. The van der Waals surface area contributed by atoms with E-state index < -0.39 is 0 Å². The number of hydrazone groups is 1. The molecule has 1 aliphatic heterocycles. The molecule has 0 fully saturated rings. The van der Waals surface area contributed by atoms with E-state index in [0.717, 1.165) is 26.0 Å². The van der Waals surface area contributed by atoms with Crippen LogP contribution >= 0.6 is 22.6 Å². The molecule has 0 bridgehead atoms. The van der Waals surface area contributed by atoms with E-state index in [-0.39, 0.29) is 12.3 Å². The lowest BCUT2D eigenvalue weighted by molar-refractivity contribution is -0.129. The summed E-state index contributed by atoms with van der Waals surface area (Å²) < 4.78 is 11.9. The maximum atomic E-state index is 12.3. The summed E-state index contributed by atoms with van der Waals surface area (Å²) in [5.41, 5.74) is 3.45. The lowest BCUT2D eigenvalue weighted by atomic mass is 9.95. The van der Waals surface area contributed by atoms with Crippen LogP contribution in [-0.2, 0) is 11.2 Å². The first-order chi connectivity index (χ1) is 11.5. The molecule has 6 heteroatoms. The maximum Gasteiger partial charge on any atom is 0.246 e. The van der Waals surface area contributed by atoms with Crippen LogP contribution in [-0.4, -0.2) is 37.9 Å². The van der Waals surface area contributed by atoms with Gasteiger partial charge in [0.25, 0.3) is 0 Å². The molecule has 0 aromatic heterocycles. The first-order valence-corrected chi connectivity index (χ1v) is 8.47. The van der Waals surface area contributed by atoms with Crippen LogP contribution in [0.15, 0.2) is 41.5 Å². The van der Waals surface area contributed by atoms with Gasteiger partial charge in [-0.2, -0.15) is 5.10 Å². The van der Waals surface area contributed by atoms with Gasteiger partial charge in [-0.05, 0) is 52.4 Å². The zero-order valence-electron chi connectivity index (χ0n) is 13.7. The number of ether oxygens (including phenoxy) is 2. The molecule has 1 heterocycles. The van der Waals surface area contributed by atoms with Gasteiger partial charge in [0.15, 0.2) is 11.5 Å². The summed E-state index contributed by atoms with van der Waals surface area (Å²) in [5.74, 6) is 1.16. The Morgan fingerprint density at radius 2 is 1.71 bits per heavy atom. The van der Waals surface area contributed by atoms with Gasteiger partial charge in [-0.25, -0.2) is 5.01 Å². The van der Waals surface area contributed by atoms with Gasteiger partial charge in [-0.15, -0.1) is 0 Å². The fraction of sp³-hybridized carbons (Fsp3) is 0.222. The number of fused-ring (bicyclic) bond motifs is 1. The minimum absolute atomic E-state index is 0.0658. The van der Waals surface area contributed by atoms with Crippen LogP contribution in [0.25, 0.3) is 0 Å². The molecule has 0 unspecified atom stereocenters. The van der Waals surface area contributed by atoms with Gasteiger partial charge in [0.2, 0.25) is 5.91 Å². The lowest BCUT2D eigenvalue weighted by Gasteiger charge is -2.14. The SMILES string of the molecule is COc1cc2c(cc1OC)C(c1ccc(I)cc1)=NN(C)C(=O)C2. The smallest absolute Gasteiger partial charge is 0.246 e. The summed E-state index contributed by atoms with van der Waals surface area (Å²) in [5, 5.41) is 5.93. The van der Waals surface area contributed by atoms with Crippen molar-refractivity contribution in [2.75, 3.05) is 21.3 Å². The second kappa shape index (κ2) is 6.80. The predicted molar refractivity (Wildman–Crippen MR) is 101 cm³/mol. The van der Waals surface area contributed by atoms with E-state index in [9.17, 15) is 4.79 Å². The standard InChI is InChI=1S/C18H17IN2O3/c1-21-17(22)9-12-8-15(23-2)16(24-3)10-14(12)18(20-21)11-4-6-13(19)7-5-11/h4-8,10H,9H2,1-3H3. The highest BCUT2D eigenvalue weighted by Gasteiger charge is 2.24. The van der Waals surface area contributed by atoms with E-state index in [2.05, 4.69) is 27.7 Å². The maximum absolute atomic E-state index is 12.3. The van der Waals surface area contributed by atoms with Gasteiger partial charge >= 0.3 is 0 Å². The van der Waals surface area contributed by atoms with Crippen LogP contribution in [0.2, 0.25) is 0 Å². The molecular weight excluding hydrogens is 419 g/mol. The molecule has 1 aliphatic rings. The van der Waals surface area contributed by atoms with Gasteiger partial charge in [0, 0.05) is 21.7 Å². The third-order valence-corrected chi connectivity index (χ3v) is 4.65. The average Bonchev–Trinajstić information content (AvgIpc) is 2.71. The van der Waals surface area contributed by atoms with Crippen molar-refractivity contribution in [3.63, 3.8) is 0 Å². The Labute approximate surface area is 154 Å². The fourth-order valence-corrected chi connectivity index (χ4v) is 3.01. The van der Waals surface area contributed by atoms with E-state index >= 15 is 0 Å². The Bertz CT molecular complexity index is 816. The van der Waals surface area contributed by atoms with Crippen molar-refractivity contribution >= 4 is 34.2 Å². The molecule has 2 aromatic rings. The molecule has 124 valence electrons. The van der Waals surface area contributed by atoms with Gasteiger partial charge in [0.05, 0.1) is 26.4 Å². The average molecular weight is 436 g/mol. The Morgan fingerprint density at radius 3 is 2.33 bits per heavy atom. The van der Waals surface area contributed by atoms with Gasteiger partial charge in [-0.1, -0.05) is 12.1 Å². The van der Waals surface area contributed by atoms with Crippen molar-refractivity contribution in [1.29, 1.82) is 0 Å². The Morgan fingerprint density at radius 1 is 1.08 bits per heavy atom. The molecule has 24 heavy (non-hydrogen) atoms. The number of likely N-dealkylation sites (N-methyl/N-ethyl adjacent to an activating group) is 1. The first kappa shape index (κ1) is 16.8. The number of hydrogen-bond acceptors (Lipinski definition) is 4. The molecule has 0 spiro atoms. The molecule has 0 saturated carbocycles. The number of nitrogens with zero attached hydrogens (tertiary/aromatic N) is 2. The summed E-state index contributed by atoms with van der Waals surface area (Å²) in [6.45, 7) is 0. The van der Waals surface area contributed by atoms with Crippen molar-refractivity contribution in [3.8, 4) is 11.5 Å². The van der Waals surface area contributed by atoms with Crippen LogP contribution in [0.1, 0.15) is 16.7 Å². The van der Waals surface area contributed by atoms with Gasteiger partial charge in [-0.3, -0.25) is 4.79 Å². The molecule has 3 rings (SSSR count). The highest BCUT2D eigenvalue weighted by molar-refractivity contribution is 14.1. The number of amides is 1. The quantitative estimate of drug-likeness (QED) is 0.696. The second-order valence-corrected chi connectivity index (χ2v) is 6.66. The second-order valence-electron chi connectivity index (χ2n) is 5.41. The van der Waals surface area contributed by atoms with Gasteiger partial charge in [0.1, 0.15) is 0 Å². The molecule has 2 aromatic carbocycles. The highest BCUT2D eigenvalue weighted by atomic mass is 127. The minimum Gasteiger partial charge on any atom is -0.493 e. The topological polar surface area (TPSA) is 51.1 Å². The van der Waals surface area contributed by atoms with Crippen LogP contribution in [0, 0.1) is 3.57 Å². The summed E-state index contributed by atoms with van der Waals surface area (Å²) in [7, 11) is 4.86. The predicted octanol–water partition coefficient (Wildman–Crippen LogP) is 3.08. The Kier molecular flexibility index (Phi) is 4.75. The van der Waals surface area contributed by atoms with Gasteiger partial charge < -0.3 is 9.47 Å². The molecule has 0 saturated heterocycles. The molecule has 1 amide bonds. The van der Waals surface area contributed by atoms with Crippen molar-refractivity contribution in [1.82, 2.24) is 5.01 Å². The third-order valence-electron chi connectivity index (χ3n) is 3.93. The summed E-state index contributed by atoms with van der Waals surface area (Å²) >= 11 is 2.26. The number of carbonyl (C=O) groups excluding carboxylic acids is 1. The van der Waals surface area contributed by atoms with E-state index in [4.69, 9.17) is 9.47 Å². The van der Waals surface area contributed by atoms with Crippen molar-refractivity contribution in [2.45, 2.75) is 6.42 Å². The van der Waals surface area contributed by atoms with Crippen molar-refractivity contribution < 1.29 is 14.3 Å². The molecular formula is C18H17IN2O3. The zero-order valence-corrected chi connectivity index (χ0v) is 15.8. The normalized spacial score (nSPS) is 13.9. The lowest BCUT2D eigenvalue weighted by Crippen LogP contribution is -2.22. The summed E-state index contributed by atoms with van der Waals surface area (Å²) in [6, 6.07) is 11.8. The number of hydrogen-bond donors (Lipinski definition) is 0. The van der Waals surface area contributed by atoms with E-state index in [1.807, 2.05) is 36.4 Å². The molecule has 0 atom stereocenters. The van der Waals surface area contributed by atoms with E-state index in [1.165, 1.54) is 5.01 Å². The summed E-state index contributed by atoms with van der Waals surface area (Å²) in [6.07, 6.45) is 0.267. The number of benzene rings is 2. The van der Waals surface area contributed by atoms with Crippen LogP contribution in [0.3, 0.4) is 0 Å². The number of carbonyl (C=O) groups is 1. The Balaban J connectivity index is 2.23. The minimum atomic E-state index is -0.0658.